The highest BCUT2D eigenvalue weighted by Crippen LogP contribution is 2.40. The molecule has 0 atom stereocenters. The van der Waals surface area contributed by atoms with Crippen molar-refractivity contribution < 1.29 is 8.42 Å². The van der Waals surface area contributed by atoms with Gasteiger partial charge in [-0.3, -0.25) is 4.72 Å². The lowest BCUT2D eigenvalue weighted by atomic mass is 9.93. The van der Waals surface area contributed by atoms with Crippen molar-refractivity contribution >= 4 is 37.3 Å². The first-order valence-electron chi connectivity index (χ1n) is 9.71. The van der Waals surface area contributed by atoms with Crippen molar-refractivity contribution in [2.45, 2.75) is 4.90 Å². The van der Waals surface area contributed by atoms with Crippen LogP contribution in [0, 0.1) is 0 Å². The third-order valence-corrected chi connectivity index (χ3v) is 6.67. The highest BCUT2D eigenvalue weighted by atomic mass is 32.2. The van der Waals surface area contributed by atoms with Gasteiger partial charge >= 0.3 is 0 Å². The minimum absolute atomic E-state index is 0.238. The first-order chi connectivity index (χ1) is 14.6. The second-order valence-corrected chi connectivity index (χ2v) is 8.84. The predicted octanol–water partition coefficient (Wildman–Crippen LogP) is 6.46. The molecule has 0 heterocycles. The van der Waals surface area contributed by atoms with Crippen LogP contribution >= 0.6 is 0 Å². The average molecular weight is 410 g/mol. The number of fused-ring (bicyclic) bond motifs is 2. The number of anilines is 1. The molecule has 0 aliphatic rings. The Morgan fingerprint density at radius 2 is 1.13 bits per heavy atom. The SMILES string of the molecule is O=S(=O)(Nc1ccc2ccccc2c1-c1cccc2ccccc12)c1ccccc1. The lowest BCUT2D eigenvalue weighted by molar-refractivity contribution is 0.601. The van der Waals surface area contributed by atoms with Gasteiger partial charge in [0.2, 0.25) is 0 Å². The smallest absolute Gasteiger partial charge is 0.261 e. The minimum Gasteiger partial charge on any atom is -0.279 e. The number of hydrogen-bond donors (Lipinski definition) is 1. The summed E-state index contributed by atoms with van der Waals surface area (Å²) in [5.74, 6) is 0. The molecular formula is C26H19NO2S. The van der Waals surface area contributed by atoms with Gasteiger partial charge in [0.1, 0.15) is 0 Å². The van der Waals surface area contributed by atoms with Gasteiger partial charge in [0.25, 0.3) is 10.0 Å². The molecule has 5 aromatic carbocycles. The summed E-state index contributed by atoms with van der Waals surface area (Å²) in [6.07, 6.45) is 0. The van der Waals surface area contributed by atoms with Crippen molar-refractivity contribution in [2.24, 2.45) is 0 Å². The van der Waals surface area contributed by atoms with Crippen LogP contribution in [-0.4, -0.2) is 8.42 Å². The van der Waals surface area contributed by atoms with E-state index in [2.05, 4.69) is 22.9 Å². The van der Waals surface area contributed by atoms with Crippen molar-refractivity contribution in [1.29, 1.82) is 0 Å². The van der Waals surface area contributed by atoms with Gasteiger partial charge in [-0.15, -0.1) is 0 Å². The number of sulfonamides is 1. The summed E-state index contributed by atoms with van der Waals surface area (Å²) in [6.45, 7) is 0. The summed E-state index contributed by atoms with van der Waals surface area (Å²) >= 11 is 0. The zero-order valence-electron chi connectivity index (χ0n) is 16.1. The fourth-order valence-electron chi connectivity index (χ4n) is 3.89. The predicted molar refractivity (Wildman–Crippen MR) is 124 cm³/mol. The first-order valence-corrected chi connectivity index (χ1v) is 11.2. The average Bonchev–Trinajstić information content (AvgIpc) is 2.79. The molecule has 5 rings (SSSR count). The Labute approximate surface area is 175 Å². The second kappa shape index (κ2) is 7.32. The summed E-state index contributed by atoms with van der Waals surface area (Å²) in [4.78, 5) is 0.238. The van der Waals surface area contributed by atoms with Crippen molar-refractivity contribution in [1.82, 2.24) is 0 Å². The van der Waals surface area contributed by atoms with Crippen molar-refractivity contribution in [3.8, 4) is 11.1 Å². The van der Waals surface area contributed by atoms with Gasteiger partial charge in [-0.25, -0.2) is 8.42 Å². The normalized spacial score (nSPS) is 11.6. The third kappa shape index (κ3) is 3.21. The minimum atomic E-state index is -3.72. The quantitative estimate of drug-likeness (QED) is 0.370. The molecule has 0 unspecified atom stereocenters. The molecule has 5 aromatic rings. The van der Waals surface area contributed by atoms with Crippen LogP contribution in [0.1, 0.15) is 0 Å². The van der Waals surface area contributed by atoms with Crippen molar-refractivity contribution in [2.75, 3.05) is 4.72 Å². The summed E-state index contributed by atoms with van der Waals surface area (Å²) in [5, 5.41) is 4.25. The number of benzene rings is 5. The summed E-state index contributed by atoms with van der Waals surface area (Å²) in [5.41, 5.74) is 2.44. The zero-order valence-corrected chi connectivity index (χ0v) is 16.9. The molecule has 30 heavy (non-hydrogen) atoms. The monoisotopic (exact) mass is 409 g/mol. The van der Waals surface area contributed by atoms with Crippen LogP contribution in [0.2, 0.25) is 0 Å². The van der Waals surface area contributed by atoms with Crippen LogP contribution in [-0.2, 0) is 10.0 Å². The Balaban J connectivity index is 1.78. The summed E-state index contributed by atoms with van der Waals surface area (Å²) < 4.78 is 29.0. The number of rotatable bonds is 4. The molecule has 0 aromatic heterocycles. The van der Waals surface area contributed by atoms with Gasteiger partial charge in [0.05, 0.1) is 10.6 Å². The highest BCUT2D eigenvalue weighted by Gasteiger charge is 2.19. The van der Waals surface area contributed by atoms with Crippen LogP contribution in [0.3, 0.4) is 0 Å². The maximum Gasteiger partial charge on any atom is 0.261 e. The molecular weight excluding hydrogens is 390 g/mol. The standard InChI is InChI=1S/C26H19NO2S/c28-30(29,21-12-2-1-3-13-21)27-25-18-17-20-10-5-7-15-23(20)26(25)24-16-8-11-19-9-4-6-14-22(19)24/h1-18,27H. The molecule has 0 radical (unpaired) electrons. The number of nitrogens with one attached hydrogen (secondary N) is 1. The van der Waals surface area contributed by atoms with Gasteiger partial charge < -0.3 is 0 Å². The fourth-order valence-corrected chi connectivity index (χ4v) is 4.99. The fraction of sp³-hybridized carbons (Fsp3) is 0. The van der Waals surface area contributed by atoms with Crippen molar-refractivity contribution in [3.05, 3.63) is 109 Å². The Morgan fingerprint density at radius 3 is 1.90 bits per heavy atom. The molecule has 0 amide bonds. The topological polar surface area (TPSA) is 46.2 Å². The van der Waals surface area contributed by atoms with E-state index in [1.54, 1.807) is 30.3 Å². The summed E-state index contributed by atoms with van der Waals surface area (Å²) in [7, 11) is -3.72. The van der Waals surface area contributed by atoms with E-state index >= 15 is 0 Å². The van der Waals surface area contributed by atoms with Gasteiger partial charge in [-0.05, 0) is 45.3 Å². The highest BCUT2D eigenvalue weighted by molar-refractivity contribution is 7.92. The Bertz CT molecular complexity index is 1470. The molecule has 0 aliphatic heterocycles. The maximum atomic E-state index is 13.1. The lowest BCUT2D eigenvalue weighted by Crippen LogP contribution is -2.13. The Morgan fingerprint density at radius 1 is 0.533 bits per heavy atom. The third-order valence-electron chi connectivity index (χ3n) is 5.29. The first kappa shape index (κ1) is 18.4. The summed E-state index contributed by atoms with van der Waals surface area (Å²) in [6, 6.07) is 34.6. The van der Waals surface area contributed by atoms with E-state index in [-0.39, 0.29) is 4.90 Å². The van der Waals surface area contributed by atoms with Gasteiger partial charge in [0.15, 0.2) is 0 Å². The molecule has 0 saturated carbocycles. The van der Waals surface area contributed by atoms with E-state index in [0.29, 0.717) is 5.69 Å². The van der Waals surface area contributed by atoms with Gasteiger partial charge in [0, 0.05) is 5.56 Å². The van der Waals surface area contributed by atoms with E-state index in [9.17, 15) is 8.42 Å². The molecule has 146 valence electrons. The molecule has 0 fully saturated rings. The molecule has 0 saturated heterocycles. The van der Waals surface area contributed by atoms with Gasteiger partial charge in [-0.1, -0.05) is 91.0 Å². The van der Waals surface area contributed by atoms with E-state index < -0.39 is 10.0 Å². The largest absolute Gasteiger partial charge is 0.279 e. The zero-order chi connectivity index (χ0) is 20.6. The lowest BCUT2D eigenvalue weighted by Gasteiger charge is -2.17. The van der Waals surface area contributed by atoms with Crippen LogP contribution in [0.4, 0.5) is 5.69 Å². The van der Waals surface area contributed by atoms with Crippen molar-refractivity contribution in [3.63, 3.8) is 0 Å². The molecule has 0 spiro atoms. The van der Waals surface area contributed by atoms with Crippen LogP contribution in [0.5, 0.6) is 0 Å². The maximum absolute atomic E-state index is 13.1. The molecule has 0 bridgehead atoms. The van der Waals surface area contributed by atoms with E-state index in [4.69, 9.17) is 0 Å². The van der Waals surface area contributed by atoms with Crippen LogP contribution < -0.4 is 4.72 Å². The van der Waals surface area contributed by atoms with Gasteiger partial charge in [-0.2, -0.15) is 0 Å². The molecule has 3 nitrogen and oxygen atoms in total. The molecule has 4 heteroatoms. The van der Waals surface area contributed by atoms with E-state index in [1.165, 1.54) is 0 Å². The molecule has 1 N–H and O–H groups in total. The number of hydrogen-bond acceptors (Lipinski definition) is 2. The van der Waals surface area contributed by atoms with E-state index in [0.717, 1.165) is 32.7 Å². The van der Waals surface area contributed by atoms with E-state index in [1.807, 2.05) is 60.7 Å². The Hall–Kier alpha value is -3.63. The van der Waals surface area contributed by atoms with Crippen LogP contribution in [0.25, 0.3) is 32.7 Å². The molecule has 0 aliphatic carbocycles. The second-order valence-electron chi connectivity index (χ2n) is 7.15. The van der Waals surface area contributed by atoms with Crippen LogP contribution in [0.15, 0.2) is 114 Å². The Kier molecular flexibility index (Phi) is 4.49.